The average molecular weight is 297 g/mol. The van der Waals surface area contributed by atoms with Crippen molar-refractivity contribution in [2.24, 2.45) is 0 Å². The van der Waals surface area contributed by atoms with Gasteiger partial charge >= 0.3 is 5.97 Å². The molecular weight excluding hydrogens is 284 g/mol. The number of rotatable bonds is 5. The Morgan fingerprint density at radius 2 is 2.32 bits per heavy atom. The van der Waals surface area contributed by atoms with E-state index in [4.69, 9.17) is 16.7 Å². The minimum Gasteiger partial charge on any atom is -0.478 e. The van der Waals surface area contributed by atoms with Crippen LogP contribution >= 0.6 is 22.9 Å². The summed E-state index contributed by atoms with van der Waals surface area (Å²) in [6.45, 7) is 2.56. The fourth-order valence-corrected chi connectivity index (χ4v) is 2.71. The Hall–Kier alpha value is -1.59. The third-order valence-corrected chi connectivity index (χ3v) is 4.06. The number of anilines is 1. The van der Waals surface area contributed by atoms with Crippen LogP contribution in [0, 0.1) is 0 Å². The number of carboxylic acids is 1. The zero-order valence-electron chi connectivity index (χ0n) is 10.3. The van der Waals surface area contributed by atoms with E-state index < -0.39 is 5.97 Å². The summed E-state index contributed by atoms with van der Waals surface area (Å²) in [5.41, 5.74) is 0.602. The molecule has 0 amide bonds. The Balaban J connectivity index is 2.15. The van der Waals surface area contributed by atoms with Crippen molar-refractivity contribution in [1.82, 2.24) is 4.98 Å². The number of benzene rings is 1. The second kappa shape index (κ2) is 6.04. The molecule has 1 heterocycles. The maximum atomic E-state index is 11.2. The molecule has 0 aliphatic carbocycles. The number of aromatic carboxylic acids is 1. The van der Waals surface area contributed by atoms with Gasteiger partial charge in [-0.05, 0) is 18.6 Å². The average Bonchev–Trinajstić information content (AvgIpc) is 2.83. The summed E-state index contributed by atoms with van der Waals surface area (Å²) >= 11 is 7.52. The summed E-state index contributed by atoms with van der Waals surface area (Å²) in [7, 11) is 0. The van der Waals surface area contributed by atoms with Crippen molar-refractivity contribution in [2.45, 2.75) is 19.9 Å². The van der Waals surface area contributed by atoms with E-state index in [0.717, 1.165) is 11.4 Å². The molecule has 0 saturated carbocycles. The lowest BCUT2D eigenvalue weighted by atomic mass is 10.2. The number of carbonyl (C=O) groups is 1. The summed E-state index contributed by atoms with van der Waals surface area (Å²) in [4.78, 5) is 16.7. The molecule has 2 rings (SSSR count). The van der Waals surface area contributed by atoms with Gasteiger partial charge in [-0.1, -0.05) is 24.6 Å². The smallest absolute Gasteiger partial charge is 0.339 e. The Morgan fingerprint density at radius 1 is 1.53 bits per heavy atom. The molecule has 0 aliphatic rings. The Kier molecular flexibility index (Phi) is 4.39. The number of carboxylic acid groups (broad SMARTS) is 1. The number of aryl methyl sites for hydroxylation is 1. The summed E-state index contributed by atoms with van der Waals surface area (Å²) in [5.74, 6) is -1.04. The van der Waals surface area contributed by atoms with Gasteiger partial charge in [-0.3, -0.25) is 0 Å². The highest BCUT2D eigenvalue weighted by Gasteiger charge is 2.14. The van der Waals surface area contributed by atoms with Crippen LogP contribution in [-0.4, -0.2) is 16.1 Å². The zero-order valence-corrected chi connectivity index (χ0v) is 11.9. The van der Waals surface area contributed by atoms with E-state index in [1.165, 1.54) is 4.88 Å². The van der Waals surface area contributed by atoms with Gasteiger partial charge in [0.15, 0.2) is 0 Å². The third kappa shape index (κ3) is 3.24. The molecule has 0 atom stereocenters. The van der Waals surface area contributed by atoms with Crippen LogP contribution in [0.4, 0.5) is 5.69 Å². The van der Waals surface area contributed by atoms with Crippen molar-refractivity contribution in [3.05, 3.63) is 44.9 Å². The van der Waals surface area contributed by atoms with E-state index >= 15 is 0 Å². The first-order chi connectivity index (χ1) is 9.11. The topological polar surface area (TPSA) is 62.2 Å². The van der Waals surface area contributed by atoms with Crippen LogP contribution in [0.1, 0.15) is 27.2 Å². The molecule has 19 heavy (non-hydrogen) atoms. The first-order valence-electron chi connectivity index (χ1n) is 5.81. The third-order valence-electron chi connectivity index (χ3n) is 2.61. The lowest BCUT2D eigenvalue weighted by Crippen LogP contribution is -2.06. The first-order valence-corrected chi connectivity index (χ1v) is 7.00. The van der Waals surface area contributed by atoms with Gasteiger partial charge in [0, 0.05) is 11.1 Å². The predicted octanol–water partition coefficient (Wildman–Crippen LogP) is 3.67. The molecule has 6 heteroatoms. The zero-order chi connectivity index (χ0) is 13.8. The number of thiazole rings is 1. The van der Waals surface area contributed by atoms with Crippen molar-refractivity contribution in [3.8, 4) is 0 Å². The molecule has 1 aromatic heterocycles. The summed E-state index contributed by atoms with van der Waals surface area (Å²) in [5, 5.41) is 13.4. The highest BCUT2D eigenvalue weighted by atomic mass is 35.5. The maximum Gasteiger partial charge on any atom is 0.339 e. The molecule has 0 aliphatic heterocycles. The van der Waals surface area contributed by atoms with Gasteiger partial charge in [0.05, 0.1) is 17.3 Å². The Bertz CT molecular complexity index is 598. The van der Waals surface area contributed by atoms with Crippen molar-refractivity contribution in [1.29, 1.82) is 0 Å². The van der Waals surface area contributed by atoms with Crippen LogP contribution in [0.2, 0.25) is 5.02 Å². The fraction of sp³-hybridized carbons (Fsp3) is 0.231. The molecule has 4 nitrogen and oxygen atoms in total. The monoisotopic (exact) mass is 296 g/mol. The van der Waals surface area contributed by atoms with E-state index in [0.29, 0.717) is 12.2 Å². The van der Waals surface area contributed by atoms with E-state index in [1.54, 1.807) is 29.5 Å². The van der Waals surface area contributed by atoms with Crippen molar-refractivity contribution in [3.63, 3.8) is 0 Å². The largest absolute Gasteiger partial charge is 0.478 e. The van der Waals surface area contributed by atoms with E-state index in [2.05, 4.69) is 17.2 Å². The number of halogens is 1. The molecule has 100 valence electrons. The van der Waals surface area contributed by atoms with Crippen LogP contribution in [0.15, 0.2) is 24.4 Å². The molecule has 0 spiro atoms. The molecule has 0 fully saturated rings. The molecular formula is C13H13ClN2O2S. The molecule has 0 radical (unpaired) electrons. The van der Waals surface area contributed by atoms with Gasteiger partial charge in [0.25, 0.3) is 0 Å². The lowest BCUT2D eigenvalue weighted by molar-refractivity contribution is 0.0698. The summed E-state index contributed by atoms with van der Waals surface area (Å²) in [6, 6.07) is 4.98. The molecule has 0 saturated heterocycles. The standard InChI is InChI=1S/C13H13ClN2O2S/c1-2-8-6-16-11(19-8)7-15-10-5-3-4-9(14)12(10)13(17)18/h3-6,15H,2,7H2,1H3,(H,17,18). The van der Waals surface area contributed by atoms with Crippen LogP contribution in [0.25, 0.3) is 0 Å². The van der Waals surface area contributed by atoms with E-state index in [-0.39, 0.29) is 10.6 Å². The van der Waals surface area contributed by atoms with E-state index in [9.17, 15) is 4.79 Å². The number of hydrogen-bond donors (Lipinski definition) is 2. The number of hydrogen-bond acceptors (Lipinski definition) is 4. The molecule has 0 unspecified atom stereocenters. The highest BCUT2D eigenvalue weighted by molar-refractivity contribution is 7.11. The van der Waals surface area contributed by atoms with Crippen molar-refractivity contribution >= 4 is 34.6 Å². The molecule has 2 aromatic rings. The lowest BCUT2D eigenvalue weighted by Gasteiger charge is -2.09. The second-order valence-electron chi connectivity index (χ2n) is 3.89. The minimum absolute atomic E-state index is 0.0939. The van der Waals surface area contributed by atoms with Crippen LogP contribution in [-0.2, 0) is 13.0 Å². The van der Waals surface area contributed by atoms with Crippen LogP contribution in [0.3, 0.4) is 0 Å². The SMILES string of the molecule is CCc1cnc(CNc2cccc(Cl)c2C(=O)O)s1. The number of nitrogens with one attached hydrogen (secondary N) is 1. The second-order valence-corrected chi connectivity index (χ2v) is 5.50. The van der Waals surface area contributed by atoms with Gasteiger partial charge in [-0.25, -0.2) is 9.78 Å². The van der Waals surface area contributed by atoms with Gasteiger partial charge in [0.1, 0.15) is 10.6 Å². The van der Waals surface area contributed by atoms with Gasteiger partial charge in [-0.15, -0.1) is 11.3 Å². The minimum atomic E-state index is -1.04. The van der Waals surface area contributed by atoms with Gasteiger partial charge in [0.2, 0.25) is 0 Å². The Morgan fingerprint density at radius 3 is 2.95 bits per heavy atom. The van der Waals surface area contributed by atoms with Crippen molar-refractivity contribution in [2.75, 3.05) is 5.32 Å². The van der Waals surface area contributed by atoms with E-state index in [1.807, 2.05) is 6.20 Å². The summed E-state index contributed by atoms with van der Waals surface area (Å²) < 4.78 is 0. The van der Waals surface area contributed by atoms with Crippen LogP contribution in [0.5, 0.6) is 0 Å². The maximum absolute atomic E-state index is 11.2. The number of aromatic nitrogens is 1. The van der Waals surface area contributed by atoms with Crippen molar-refractivity contribution < 1.29 is 9.90 Å². The molecule has 1 aromatic carbocycles. The quantitative estimate of drug-likeness (QED) is 0.884. The normalized spacial score (nSPS) is 10.4. The van der Waals surface area contributed by atoms with Gasteiger partial charge < -0.3 is 10.4 Å². The summed E-state index contributed by atoms with van der Waals surface area (Å²) in [6.07, 6.45) is 2.80. The number of nitrogens with zero attached hydrogens (tertiary/aromatic N) is 1. The van der Waals surface area contributed by atoms with Crippen LogP contribution < -0.4 is 5.32 Å². The highest BCUT2D eigenvalue weighted by Crippen LogP contribution is 2.25. The molecule has 0 bridgehead atoms. The first kappa shape index (κ1) is 13.8. The fourth-order valence-electron chi connectivity index (χ4n) is 1.65. The Labute approximate surface area is 120 Å². The van der Waals surface area contributed by atoms with Gasteiger partial charge in [-0.2, -0.15) is 0 Å². The predicted molar refractivity (Wildman–Crippen MR) is 77.2 cm³/mol. The molecule has 2 N–H and O–H groups in total.